The Kier molecular flexibility index (Phi) is 6.00. The highest BCUT2D eigenvalue weighted by Gasteiger charge is 2.37. The SMILES string of the molecule is Cc1ccc(S(=O)(=O)N2C[C@@H](C(=O)NCc3ccc(-n4ccnc4)cc3)Oc3ccccc32)cc1. The van der Waals surface area contributed by atoms with Crippen LogP contribution in [0.25, 0.3) is 5.69 Å². The monoisotopic (exact) mass is 488 g/mol. The summed E-state index contributed by atoms with van der Waals surface area (Å²) < 4.78 is 36.0. The predicted molar refractivity (Wildman–Crippen MR) is 132 cm³/mol. The first-order chi connectivity index (χ1) is 16.9. The highest BCUT2D eigenvalue weighted by atomic mass is 32.2. The van der Waals surface area contributed by atoms with Crippen molar-refractivity contribution in [1.82, 2.24) is 14.9 Å². The molecule has 0 saturated heterocycles. The zero-order chi connectivity index (χ0) is 24.4. The molecule has 1 aliphatic rings. The van der Waals surface area contributed by atoms with Crippen LogP contribution < -0.4 is 14.4 Å². The number of aromatic nitrogens is 2. The van der Waals surface area contributed by atoms with E-state index in [9.17, 15) is 13.2 Å². The van der Waals surface area contributed by atoms with Gasteiger partial charge in [-0.1, -0.05) is 42.0 Å². The lowest BCUT2D eigenvalue weighted by molar-refractivity contribution is -0.127. The lowest BCUT2D eigenvalue weighted by Gasteiger charge is -2.34. The number of anilines is 1. The second-order valence-corrected chi connectivity index (χ2v) is 10.1. The normalized spacial score (nSPS) is 15.2. The van der Waals surface area contributed by atoms with Gasteiger partial charge in [-0.2, -0.15) is 0 Å². The molecule has 4 aromatic rings. The molecule has 1 N–H and O–H groups in total. The van der Waals surface area contributed by atoms with Crippen molar-refractivity contribution in [3.63, 3.8) is 0 Å². The molecule has 3 aromatic carbocycles. The van der Waals surface area contributed by atoms with Gasteiger partial charge in [0, 0.05) is 24.6 Å². The molecule has 0 unspecified atom stereocenters. The molecule has 0 saturated carbocycles. The number of hydrogen-bond acceptors (Lipinski definition) is 5. The minimum Gasteiger partial charge on any atom is -0.476 e. The minimum atomic E-state index is -3.89. The predicted octanol–water partition coefficient (Wildman–Crippen LogP) is 3.45. The number of aryl methyl sites for hydroxylation is 1. The summed E-state index contributed by atoms with van der Waals surface area (Å²) in [5.41, 5.74) is 3.23. The van der Waals surface area contributed by atoms with Gasteiger partial charge < -0.3 is 14.6 Å². The van der Waals surface area contributed by atoms with Crippen molar-refractivity contribution in [3.05, 3.63) is 103 Å². The van der Waals surface area contributed by atoms with Crippen LogP contribution in [-0.4, -0.2) is 36.5 Å². The van der Waals surface area contributed by atoms with Crippen LogP contribution in [0.2, 0.25) is 0 Å². The molecule has 0 bridgehead atoms. The lowest BCUT2D eigenvalue weighted by atomic mass is 10.2. The molecule has 1 atom stereocenters. The van der Waals surface area contributed by atoms with Crippen molar-refractivity contribution < 1.29 is 17.9 Å². The van der Waals surface area contributed by atoms with E-state index in [1.807, 2.05) is 42.0 Å². The zero-order valence-corrected chi connectivity index (χ0v) is 19.9. The molecule has 0 fully saturated rings. The molecule has 2 heterocycles. The number of sulfonamides is 1. The number of hydrogen-bond donors (Lipinski definition) is 1. The summed E-state index contributed by atoms with van der Waals surface area (Å²) in [6, 6.07) is 21.2. The third-order valence-corrected chi connectivity index (χ3v) is 7.64. The van der Waals surface area contributed by atoms with Crippen molar-refractivity contribution in [2.75, 3.05) is 10.8 Å². The van der Waals surface area contributed by atoms with Gasteiger partial charge in [-0.25, -0.2) is 13.4 Å². The second kappa shape index (κ2) is 9.27. The fourth-order valence-corrected chi connectivity index (χ4v) is 5.38. The number of carbonyl (C=O) groups is 1. The zero-order valence-electron chi connectivity index (χ0n) is 19.0. The van der Waals surface area contributed by atoms with Gasteiger partial charge in [0.1, 0.15) is 5.75 Å². The number of carbonyl (C=O) groups excluding carboxylic acids is 1. The van der Waals surface area contributed by atoms with Gasteiger partial charge in [-0.15, -0.1) is 0 Å². The Bertz CT molecular complexity index is 1430. The van der Waals surface area contributed by atoms with Gasteiger partial charge in [0.25, 0.3) is 15.9 Å². The fourth-order valence-electron chi connectivity index (χ4n) is 3.90. The average molecular weight is 489 g/mol. The third kappa shape index (κ3) is 4.63. The molecule has 178 valence electrons. The molecule has 1 amide bonds. The molecule has 0 aliphatic carbocycles. The van der Waals surface area contributed by atoms with Crippen LogP contribution in [0.5, 0.6) is 5.75 Å². The Labute approximate surface area is 203 Å². The Morgan fingerprint density at radius 3 is 2.51 bits per heavy atom. The molecule has 35 heavy (non-hydrogen) atoms. The number of fused-ring (bicyclic) bond motifs is 1. The highest BCUT2D eigenvalue weighted by Crippen LogP contribution is 2.36. The second-order valence-electron chi connectivity index (χ2n) is 8.28. The van der Waals surface area contributed by atoms with Crippen LogP contribution in [0, 0.1) is 6.92 Å². The Morgan fingerprint density at radius 1 is 1.06 bits per heavy atom. The molecular weight excluding hydrogens is 464 g/mol. The Morgan fingerprint density at radius 2 is 1.80 bits per heavy atom. The third-order valence-electron chi connectivity index (χ3n) is 5.84. The number of para-hydroxylation sites is 2. The van der Waals surface area contributed by atoms with Gasteiger partial charge in [0.05, 0.1) is 23.5 Å². The summed E-state index contributed by atoms with van der Waals surface area (Å²) in [6.45, 7) is 2.06. The van der Waals surface area contributed by atoms with Crippen LogP contribution >= 0.6 is 0 Å². The first-order valence-corrected chi connectivity index (χ1v) is 12.6. The topological polar surface area (TPSA) is 93.5 Å². The van der Waals surface area contributed by atoms with Gasteiger partial charge in [0.15, 0.2) is 6.10 Å². The quantitative estimate of drug-likeness (QED) is 0.449. The van der Waals surface area contributed by atoms with Crippen LogP contribution in [0.15, 0.2) is 96.4 Å². The average Bonchev–Trinajstić information content (AvgIpc) is 3.42. The van der Waals surface area contributed by atoms with E-state index >= 15 is 0 Å². The lowest BCUT2D eigenvalue weighted by Crippen LogP contribution is -2.50. The molecular formula is C26H24N4O4S. The smallest absolute Gasteiger partial charge is 0.264 e. The minimum absolute atomic E-state index is 0.126. The van der Waals surface area contributed by atoms with Gasteiger partial charge in [0.2, 0.25) is 0 Å². The fraction of sp³-hybridized carbons (Fsp3) is 0.154. The van der Waals surface area contributed by atoms with E-state index < -0.39 is 16.1 Å². The van der Waals surface area contributed by atoms with E-state index in [2.05, 4.69) is 10.3 Å². The molecule has 5 rings (SSSR count). The summed E-state index contributed by atoms with van der Waals surface area (Å²) in [5, 5.41) is 2.87. The maximum absolute atomic E-state index is 13.5. The highest BCUT2D eigenvalue weighted by molar-refractivity contribution is 7.92. The summed E-state index contributed by atoms with van der Waals surface area (Å²) in [4.78, 5) is 17.2. The van der Waals surface area contributed by atoms with E-state index in [1.165, 1.54) is 4.31 Å². The first-order valence-electron chi connectivity index (χ1n) is 11.1. The standard InChI is InChI=1S/C26H24N4O4S/c1-19-6-12-22(13-7-19)35(32,33)30-17-25(34-24-5-3-2-4-23(24)30)26(31)28-16-20-8-10-21(11-9-20)29-15-14-27-18-29/h2-15,18,25H,16-17H2,1H3,(H,28,31)/t25-/m0/s1. The molecule has 1 aliphatic heterocycles. The molecule has 0 radical (unpaired) electrons. The number of nitrogens with one attached hydrogen (secondary N) is 1. The van der Waals surface area contributed by atoms with Crippen molar-refractivity contribution in [2.45, 2.75) is 24.5 Å². The van der Waals surface area contributed by atoms with Crippen molar-refractivity contribution in [3.8, 4) is 11.4 Å². The summed E-state index contributed by atoms with van der Waals surface area (Å²) in [6.07, 6.45) is 4.28. The Hall–Kier alpha value is -4.11. The first kappa shape index (κ1) is 22.7. The maximum Gasteiger partial charge on any atom is 0.264 e. The van der Waals surface area contributed by atoms with E-state index in [0.717, 1.165) is 16.8 Å². The summed E-state index contributed by atoms with van der Waals surface area (Å²) >= 11 is 0. The summed E-state index contributed by atoms with van der Waals surface area (Å²) in [5.74, 6) is -0.0402. The molecule has 8 nitrogen and oxygen atoms in total. The van der Waals surface area contributed by atoms with E-state index in [-0.39, 0.29) is 23.9 Å². The van der Waals surface area contributed by atoms with Gasteiger partial charge in [-0.3, -0.25) is 9.10 Å². The number of benzene rings is 3. The van der Waals surface area contributed by atoms with Crippen molar-refractivity contribution in [2.24, 2.45) is 0 Å². The largest absolute Gasteiger partial charge is 0.476 e. The van der Waals surface area contributed by atoms with E-state index in [4.69, 9.17) is 4.74 Å². The van der Waals surface area contributed by atoms with Gasteiger partial charge >= 0.3 is 0 Å². The van der Waals surface area contributed by atoms with Crippen molar-refractivity contribution in [1.29, 1.82) is 0 Å². The number of amides is 1. The summed E-state index contributed by atoms with van der Waals surface area (Å²) in [7, 11) is -3.89. The van der Waals surface area contributed by atoms with Crippen LogP contribution in [-0.2, 0) is 21.4 Å². The Balaban J connectivity index is 1.33. The molecule has 1 aromatic heterocycles. The number of nitrogens with zero attached hydrogens (tertiary/aromatic N) is 3. The number of rotatable bonds is 6. The van der Waals surface area contributed by atoms with Crippen LogP contribution in [0.4, 0.5) is 5.69 Å². The van der Waals surface area contributed by atoms with E-state index in [0.29, 0.717) is 11.4 Å². The molecule has 9 heteroatoms. The van der Waals surface area contributed by atoms with Crippen LogP contribution in [0.3, 0.4) is 0 Å². The maximum atomic E-state index is 13.5. The molecule has 0 spiro atoms. The van der Waals surface area contributed by atoms with Gasteiger partial charge in [-0.05, 0) is 48.9 Å². The number of ether oxygens (including phenoxy) is 1. The van der Waals surface area contributed by atoms with Crippen molar-refractivity contribution >= 4 is 21.6 Å². The number of imidazole rings is 1. The van der Waals surface area contributed by atoms with E-state index in [1.54, 1.807) is 61.1 Å². The van der Waals surface area contributed by atoms with Crippen LogP contribution in [0.1, 0.15) is 11.1 Å².